The van der Waals surface area contributed by atoms with Gasteiger partial charge < -0.3 is 19.0 Å². The summed E-state index contributed by atoms with van der Waals surface area (Å²) >= 11 is 5.86. The fourth-order valence-corrected chi connectivity index (χ4v) is 2.06. The number of carbonyl (C=O) groups is 1. The van der Waals surface area contributed by atoms with Crippen molar-refractivity contribution < 1.29 is 23.8 Å². The number of nitrogens with zero attached hydrogens (tertiary/aromatic N) is 1. The quantitative estimate of drug-likeness (QED) is 0.744. The maximum atomic E-state index is 11.3. The highest BCUT2D eigenvalue weighted by atomic mass is 35.5. The van der Waals surface area contributed by atoms with Gasteiger partial charge in [-0.3, -0.25) is 0 Å². The molecule has 0 saturated carbocycles. The van der Waals surface area contributed by atoms with E-state index in [9.17, 15) is 9.90 Å². The molecule has 0 aliphatic rings. The van der Waals surface area contributed by atoms with Crippen LogP contribution in [0.3, 0.4) is 0 Å². The molecular formula is C16H12ClNO5. The van der Waals surface area contributed by atoms with E-state index in [4.69, 9.17) is 25.5 Å². The van der Waals surface area contributed by atoms with Crippen molar-refractivity contribution in [1.29, 1.82) is 0 Å². The maximum absolute atomic E-state index is 11.3. The minimum atomic E-state index is -1.25. The van der Waals surface area contributed by atoms with Crippen molar-refractivity contribution in [3.05, 3.63) is 53.6 Å². The number of aromatic nitrogens is 1. The van der Waals surface area contributed by atoms with Gasteiger partial charge in [-0.2, -0.15) is 4.98 Å². The second-order valence-corrected chi connectivity index (χ2v) is 5.10. The van der Waals surface area contributed by atoms with Crippen LogP contribution < -0.4 is 9.47 Å². The molecule has 0 fully saturated rings. The SMILES string of the molecule is O=C(O)[C@@H](COc1ccccc1)Oc1nc2ccc(Cl)cc2o1. The fraction of sp³-hybridized carbons (Fsp3) is 0.125. The standard InChI is InChI=1S/C16H12ClNO5/c17-10-6-7-12-13(8-10)22-16(18-12)23-14(15(19)20)9-21-11-4-2-1-3-5-11/h1-8,14H,9H2,(H,19,20)/t14-/m1/s1. The number of rotatable bonds is 6. The highest BCUT2D eigenvalue weighted by molar-refractivity contribution is 6.31. The van der Waals surface area contributed by atoms with Gasteiger partial charge >= 0.3 is 12.0 Å². The van der Waals surface area contributed by atoms with Gasteiger partial charge in [0, 0.05) is 11.1 Å². The monoisotopic (exact) mass is 333 g/mol. The Morgan fingerprint density at radius 1 is 1.26 bits per heavy atom. The predicted octanol–water partition coefficient (Wildman–Crippen LogP) is 3.39. The summed E-state index contributed by atoms with van der Waals surface area (Å²) in [7, 11) is 0. The van der Waals surface area contributed by atoms with Crippen molar-refractivity contribution >= 4 is 28.7 Å². The molecule has 0 aliphatic carbocycles. The molecule has 118 valence electrons. The molecule has 0 saturated heterocycles. The van der Waals surface area contributed by atoms with E-state index < -0.39 is 12.1 Å². The van der Waals surface area contributed by atoms with Gasteiger partial charge in [-0.1, -0.05) is 29.8 Å². The summed E-state index contributed by atoms with van der Waals surface area (Å²) in [5, 5.41) is 9.72. The lowest BCUT2D eigenvalue weighted by atomic mass is 10.3. The smallest absolute Gasteiger partial charge is 0.395 e. The molecule has 0 unspecified atom stereocenters. The van der Waals surface area contributed by atoms with Crippen LogP contribution in [0.2, 0.25) is 5.02 Å². The first kappa shape index (κ1) is 15.2. The molecule has 3 rings (SSSR count). The zero-order valence-corrected chi connectivity index (χ0v) is 12.6. The Kier molecular flexibility index (Phi) is 4.34. The molecule has 7 heteroatoms. The molecule has 1 heterocycles. The number of fused-ring (bicyclic) bond motifs is 1. The number of hydrogen-bond donors (Lipinski definition) is 1. The third kappa shape index (κ3) is 3.73. The van der Waals surface area contributed by atoms with E-state index in [1.165, 1.54) is 0 Å². The van der Waals surface area contributed by atoms with Crippen LogP contribution in [0.1, 0.15) is 0 Å². The van der Waals surface area contributed by atoms with Crippen molar-refractivity contribution in [2.24, 2.45) is 0 Å². The number of aliphatic carboxylic acids is 1. The molecule has 3 aromatic rings. The Hall–Kier alpha value is -2.73. The van der Waals surface area contributed by atoms with Gasteiger partial charge in [-0.05, 0) is 24.3 Å². The average molecular weight is 334 g/mol. The summed E-state index contributed by atoms with van der Waals surface area (Å²) in [6.45, 7) is -0.182. The highest BCUT2D eigenvalue weighted by Gasteiger charge is 2.23. The Bertz CT molecular complexity index is 818. The summed E-state index contributed by atoms with van der Waals surface area (Å²) < 4.78 is 16.0. The van der Waals surface area contributed by atoms with Crippen LogP contribution in [-0.2, 0) is 4.79 Å². The van der Waals surface area contributed by atoms with Crippen LogP contribution in [0.4, 0.5) is 0 Å². The Morgan fingerprint density at radius 3 is 2.78 bits per heavy atom. The van der Waals surface area contributed by atoms with Crippen LogP contribution in [0, 0.1) is 0 Å². The first-order chi connectivity index (χ1) is 11.1. The topological polar surface area (TPSA) is 81.8 Å². The molecule has 0 spiro atoms. The molecule has 0 amide bonds. The molecule has 23 heavy (non-hydrogen) atoms. The second-order valence-electron chi connectivity index (χ2n) is 4.66. The lowest BCUT2D eigenvalue weighted by molar-refractivity contribution is -0.147. The summed E-state index contributed by atoms with van der Waals surface area (Å²) in [5.41, 5.74) is 0.943. The third-order valence-corrected chi connectivity index (χ3v) is 3.23. The lowest BCUT2D eigenvalue weighted by Gasteiger charge is -2.13. The molecule has 0 bridgehead atoms. The van der Waals surface area contributed by atoms with Gasteiger partial charge in [-0.25, -0.2) is 4.79 Å². The van der Waals surface area contributed by atoms with Crippen molar-refractivity contribution in [3.63, 3.8) is 0 Å². The first-order valence-corrected chi connectivity index (χ1v) is 7.13. The largest absolute Gasteiger partial charge is 0.489 e. The molecule has 0 aliphatic heterocycles. The van der Waals surface area contributed by atoms with Gasteiger partial charge in [0.25, 0.3) is 0 Å². The molecule has 6 nitrogen and oxygen atoms in total. The third-order valence-electron chi connectivity index (χ3n) is 2.99. The van der Waals surface area contributed by atoms with Crippen LogP contribution in [0.25, 0.3) is 11.1 Å². The number of halogens is 1. The van der Waals surface area contributed by atoms with E-state index in [1.807, 2.05) is 6.07 Å². The molecule has 1 atom stereocenters. The minimum Gasteiger partial charge on any atom is -0.489 e. The number of carboxylic acids is 1. The zero-order valence-electron chi connectivity index (χ0n) is 11.8. The van der Waals surface area contributed by atoms with Gasteiger partial charge in [0.2, 0.25) is 6.10 Å². The van der Waals surface area contributed by atoms with Gasteiger partial charge in [0.05, 0.1) is 0 Å². The Morgan fingerprint density at radius 2 is 2.04 bits per heavy atom. The van der Waals surface area contributed by atoms with Gasteiger partial charge in [0.15, 0.2) is 5.58 Å². The molecule has 0 radical (unpaired) electrons. The van der Waals surface area contributed by atoms with Gasteiger partial charge in [-0.15, -0.1) is 0 Å². The molecule has 1 aromatic heterocycles. The van der Waals surface area contributed by atoms with E-state index in [-0.39, 0.29) is 12.7 Å². The fourth-order valence-electron chi connectivity index (χ4n) is 1.89. The first-order valence-electron chi connectivity index (χ1n) is 6.75. The van der Waals surface area contributed by atoms with Crippen molar-refractivity contribution in [2.75, 3.05) is 6.61 Å². The number of para-hydroxylation sites is 1. The number of carboxylic acid groups (broad SMARTS) is 1. The summed E-state index contributed by atoms with van der Waals surface area (Å²) in [5.74, 6) is -0.632. The zero-order chi connectivity index (χ0) is 16.2. The summed E-state index contributed by atoms with van der Waals surface area (Å²) in [4.78, 5) is 15.4. The van der Waals surface area contributed by atoms with Crippen molar-refractivity contribution in [1.82, 2.24) is 4.98 Å². The summed E-state index contributed by atoms with van der Waals surface area (Å²) in [6.07, 6.45) is -1.40. The predicted molar refractivity (Wildman–Crippen MR) is 83.0 cm³/mol. The van der Waals surface area contributed by atoms with Crippen LogP contribution >= 0.6 is 11.6 Å². The number of hydrogen-bond acceptors (Lipinski definition) is 5. The van der Waals surface area contributed by atoms with E-state index >= 15 is 0 Å². The Balaban J connectivity index is 1.72. The van der Waals surface area contributed by atoms with Crippen LogP contribution in [-0.4, -0.2) is 28.8 Å². The van der Waals surface area contributed by atoms with Crippen molar-refractivity contribution in [3.8, 4) is 11.8 Å². The van der Waals surface area contributed by atoms with E-state index in [0.717, 1.165) is 0 Å². The second kappa shape index (κ2) is 6.58. The number of oxazole rings is 1. The van der Waals surface area contributed by atoms with Crippen molar-refractivity contribution in [2.45, 2.75) is 6.10 Å². The number of ether oxygens (including phenoxy) is 2. The van der Waals surface area contributed by atoms with Crippen LogP contribution in [0.15, 0.2) is 52.9 Å². The lowest BCUT2D eigenvalue weighted by Crippen LogP contribution is -2.33. The summed E-state index contributed by atoms with van der Waals surface area (Å²) in [6, 6.07) is 13.7. The minimum absolute atomic E-state index is 0.147. The van der Waals surface area contributed by atoms with E-state index in [2.05, 4.69) is 4.98 Å². The molecular weight excluding hydrogens is 322 g/mol. The number of benzene rings is 2. The van der Waals surface area contributed by atoms with E-state index in [0.29, 0.717) is 21.9 Å². The van der Waals surface area contributed by atoms with E-state index in [1.54, 1.807) is 42.5 Å². The van der Waals surface area contributed by atoms with Gasteiger partial charge in [0.1, 0.15) is 17.9 Å². The average Bonchev–Trinajstić information content (AvgIpc) is 2.93. The normalized spacial score (nSPS) is 12.0. The van der Waals surface area contributed by atoms with Crippen LogP contribution in [0.5, 0.6) is 11.8 Å². The Labute approximate surface area is 136 Å². The maximum Gasteiger partial charge on any atom is 0.395 e. The molecule has 2 aromatic carbocycles. The molecule has 1 N–H and O–H groups in total. The highest BCUT2D eigenvalue weighted by Crippen LogP contribution is 2.24.